The number of ether oxygens (including phenoxy) is 2. The molecule has 0 aliphatic carbocycles. The van der Waals surface area contributed by atoms with Crippen LogP contribution in [0.25, 0.3) is 0 Å². The topological polar surface area (TPSA) is 38.7 Å². The molecule has 6 heteroatoms. The first-order valence-electron chi connectivity index (χ1n) is 4.39. The van der Waals surface area contributed by atoms with Crippen LogP contribution in [0, 0.1) is 0 Å². The molecule has 0 fully saturated rings. The summed E-state index contributed by atoms with van der Waals surface area (Å²) in [6, 6.07) is 2.69. The molecule has 1 atom stereocenters. The first-order valence-corrected chi connectivity index (χ1v) is 4.77. The van der Waals surface area contributed by atoms with Gasteiger partial charge in [-0.15, -0.1) is 0 Å². The van der Waals surface area contributed by atoms with E-state index in [0.29, 0.717) is 5.75 Å². The fourth-order valence-electron chi connectivity index (χ4n) is 1.29. The predicted molar refractivity (Wildman–Crippen MR) is 55.5 cm³/mol. The Kier molecular flexibility index (Phi) is 4.32. The number of benzene rings is 1. The van der Waals surface area contributed by atoms with Crippen molar-refractivity contribution in [2.75, 3.05) is 14.2 Å². The Hall–Kier alpha value is -1.07. The zero-order valence-corrected chi connectivity index (χ0v) is 9.46. The highest BCUT2D eigenvalue weighted by Crippen LogP contribution is 2.40. The number of alkyl halides is 2. The molecule has 0 heterocycles. The number of rotatable bonds is 4. The Balaban J connectivity index is 3.25. The van der Waals surface area contributed by atoms with Crippen molar-refractivity contribution in [3.63, 3.8) is 0 Å². The van der Waals surface area contributed by atoms with Gasteiger partial charge in [-0.05, 0) is 12.1 Å². The van der Waals surface area contributed by atoms with Gasteiger partial charge in [0.2, 0.25) is 0 Å². The molecule has 0 aliphatic heterocycles. The molecule has 0 amide bonds. The van der Waals surface area contributed by atoms with Crippen LogP contribution in [0.3, 0.4) is 0 Å². The van der Waals surface area contributed by atoms with E-state index >= 15 is 0 Å². The van der Waals surface area contributed by atoms with Crippen molar-refractivity contribution < 1.29 is 23.4 Å². The maximum absolute atomic E-state index is 12.4. The van der Waals surface area contributed by atoms with E-state index in [0.717, 1.165) is 0 Å². The average Bonchev–Trinajstić information content (AvgIpc) is 2.27. The highest BCUT2D eigenvalue weighted by molar-refractivity contribution is 6.33. The van der Waals surface area contributed by atoms with Gasteiger partial charge < -0.3 is 14.6 Å². The molecule has 1 unspecified atom stereocenters. The molecule has 1 N–H and O–H groups in total. The van der Waals surface area contributed by atoms with Gasteiger partial charge in [-0.2, -0.15) is 0 Å². The van der Waals surface area contributed by atoms with Crippen molar-refractivity contribution in [1.29, 1.82) is 0 Å². The van der Waals surface area contributed by atoms with Crippen LogP contribution in [0.15, 0.2) is 12.1 Å². The number of hydrogen-bond acceptors (Lipinski definition) is 3. The van der Waals surface area contributed by atoms with Crippen LogP contribution >= 0.6 is 11.6 Å². The standard InChI is InChI=1S/C10H11ClF2O3/c1-15-6-4-3-5(8(14)10(12)13)9(16-2)7(6)11/h3-4,8,10,14H,1-2H3. The summed E-state index contributed by atoms with van der Waals surface area (Å²) in [7, 11) is 2.67. The zero-order valence-electron chi connectivity index (χ0n) is 8.71. The van der Waals surface area contributed by atoms with Crippen molar-refractivity contribution in [2.45, 2.75) is 12.5 Å². The minimum Gasteiger partial charge on any atom is -0.495 e. The number of aliphatic hydroxyl groups excluding tert-OH is 1. The zero-order chi connectivity index (χ0) is 12.3. The third-order valence-electron chi connectivity index (χ3n) is 2.07. The van der Waals surface area contributed by atoms with E-state index in [4.69, 9.17) is 21.1 Å². The SMILES string of the molecule is COc1ccc(C(O)C(F)F)c(OC)c1Cl. The lowest BCUT2D eigenvalue weighted by atomic mass is 10.1. The quantitative estimate of drug-likeness (QED) is 0.895. The molecule has 0 spiro atoms. The molecule has 0 bridgehead atoms. The second-order valence-corrected chi connectivity index (χ2v) is 3.36. The van der Waals surface area contributed by atoms with Crippen LogP contribution in [0.5, 0.6) is 11.5 Å². The summed E-state index contributed by atoms with van der Waals surface area (Å²) < 4.78 is 34.5. The van der Waals surface area contributed by atoms with Crippen LogP contribution in [0.2, 0.25) is 5.02 Å². The predicted octanol–water partition coefficient (Wildman–Crippen LogP) is 2.66. The first-order chi connectivity index (χ1) is 7.52. The van der Waals surface area contributed by atoms with Crippen LogP contribution < -0.4 is 9.47 Å². The molecule has 0 radical (unpaired) electrons. The Morgan fingerprint density at radius 2 is 1.88 bits per heavy atom. The van der Waals surface area contributed by atoms with E-state index in [1.165, 1.54) is 26.4 Å². The van der Waals surface area contributed by atoms with Crippen LogP contribution in [-0.4, -0.2) is 25.8 Å². The van der Waals surface area contributed by atoms with Crippen LogP contribution in [0.1, 0.15) is 11.7 Å². The second-order valence-electron chi connectivity index (χ2n) is 2.98. The maximum Gasteiger partial charge on any atom is 0.268 e. The molecule has 0 aromatic heterocycles. The summed E-state index contributed by atoms with van der Waals surface area (Å²) in [4.78, 5) is 0. The molecule has 3 nitrogen and oxygen atoms in total. The maximum atomic E-state index is 12.4. The molecular weight excluding hydrogens is 242 g/mol. The van der Waals surface area contributed by atoms with E-state index in [-0.39, 0.29) is 16.3 Å². The minimum absolute atomic E-state index is 0.00573. The Bertz CT molecular complexity index is 371. The van der Waals surface area contributed by atoms with Crippen molar-refractivity contribution in [3.05, 3.63) is 22.7 Å². The highest BCUT2D eigenvalue weighted by atomic mass is 35.5. The minimum atomic E-state index is -2.90. The fraction of sp³-hybridized carbons (Fsp3) is 0.400. The monoisotopic (exact) mass is 252 g/mol. The summed E-state index contributed by atoms with van der Waals surface area (Å²) >= 11 is 5.86. The van der Waals surface area contributed by atoms with Crippen molar-refractivity contribution in [3.8, 4) is 11.5 Å². The number of hydrogen-bond donors (Lipinski definition) is 1. The van der Waals surface area contributed by atoms with E-state index in [9.17, 15) is 13.9 Å². The van der Waals surface area contributed by atoms with E-state index in [1.807, 2.05) is 0 Å². The number of aliphatic hydroxyl groups is 1. The van der Waals surface area contributed by atoms with Gasteiger partial charge in [-0.3, -0.25) is 0 Å². The van der Waals surface area contributed by atoms with Gasteiger partial charge in [0, 0.05) is 5.56 Å². The van der Waals surface area contributed by atoms with Crippen LogP contribution in [0.4, 0.5) is 8.78 Å². The average molecular weight is 253 g/mol. The van der Waals surface area contributed by atoms with Gasteiger partial charge in [-0.25, -0.2) is 8.78 Å². The van der Waals surface area contributed by atoms with Gasteiger partial charge in [-0.1, -0.05) is 11.6 Å². The third-order valence-corrected chi connectivity index (χ3v) is 2.43. The van der Waals surface area contributed by atoms with E-state index in [2.05, 4.69) is 0 Å². The van der Waals surface area contributed by atoms with Crippen molar-refractivity contribution in [2.24, 2.45) is 0 Å². The summed E-state index contributed by atoms with van der Waals surface area (Å²) in [6.07, 6.45) is -4.84. The van der Waals surface area contributed by atoms with E-state index in [1.54, 1.807) is 0 Å². The molecule has 0 saturated heterocycles. The third kappa shape index (κ3) is 2.36. The number of halogens is 3. The van der Waals surface area contributed by atoms with Gasteiger partial charge in [0.25, 0.3) is 6.43 Å². The molecule has 0 aliphatic rings. The molecular formula is C10H11ClF2O3. The molecule has 1 rings (SSSR count). The smallest absolute Gasteiger partial charge is 0.268 e. The van der Waals surface area contributed by atoms with Gasteiger partial charge in [0.15, 0.2) is 0 Å². The summed E-state index contributed by atoms with van der Waals surface area (Å²) in [5.74, 6) is 0.289. The molecule has 16 heavy (non-hydrogen) atoms. The van der Waals surface area contributed by atoms with Crippen molar-refractivity contribution >= 4 is 11.6 Å². The lowest BCUT2D eigenvalue weighted by molar-refractivity contribution is -0.00700. The Morgan fingerprint density at radius 1 is 1.25 bits per heavy atom. The normalized spacial score (nSPS) is 12.7. The number of methoxy groups -OCH3 is 2. The van der Waals surface area contributed by atoms with Gasteiger partial charge in [0.05, 0.1) is 14.2 Å². The molecule has 90 valence electrons. The Labute approximate surface area is 96.5 Å². The summed E-state index contributed by atoms with van der Waals surface area (Å²) in [5, 5.41) is 9.33. The van der Waals surface area contributed by atoms with Gasteiger partial charge in [0.1, 0.15) is 22.6 Å². The molecule has 1 aromatic carbocycles. The largest absolute Gasteiger partial charge is 0.495 e. The lowest BCUT2D eigenvalue weighted by Crippen LogP contribution is -2.10. The van der Waals surface area contributed by atoms with E-state index < -0.39 is 12.5 Å². The van der Waals surface area contributed by atoms with Crippen LogP contribution in [-0.2, 0) is 0 Å². The molecule has 1 aromatic rings. The molecule has 0 saturated carbocycles. The Morgan fingerprint density at radius 3 is 2.31 bits per heavy atom. The van der Waals surface area contributed by atoms with Gasteiger partial charge >= 0.3 is 0 Å². The second kappa shape index (κ2) is 5.32. The summed E-state index contributed by atoms with van der Waals surface area (Å²) in [6.45, 7) is 0. The highest BCUT2D eigenvalue weighted by Gasteiger charge is 2.25. The lowest BCUT2D eigenvalue weighted by Gasteiger charge is -2.16. The first kappa shape index (κ1) is 13.0. The van der Waals surface area contributed by atoms with Crippen molar-refractivity contribution in [1.82, 2.24) is 0 Å². The summed E-state index contributed by atoms with van der Waals surface area (Å²) in [5.41, 5.74) is -0.0664. The fourth-order valence-corrected chi connectivity index (χ4v) is 1.61.